The first kappa shape index (κ1) is 20.0. The van der Waals surface area contributed by atoms with Crippen LogP contribution in [0.15, 0.2) is 40.0 Å². The molecular weight excluding hydrogens is 358 g/mol. The highest BCUT2D eigenvalue weighted by atomic mass is 16.5. The van der Waals surface area contributed by atoms with E-state index in [2.05, 4.69) is 27.2 Å². The van der Waals surface area contributed by atoms with Gasteiger partial charge in [-0.1, -0.05) is 11.2 Å². The molecule has 2 aromatic rings. The van der Waals surface area contributed by atoms with Gasteiger partial charge in [-0.25, -0.2) is 4.99 Å². The first-order valence-electron chi connectivity index (χ1n) is 9.79. The van der Waals surface area contributed by atoms with Crippen LogP contribution in [-0.2, 0) is 13.1 Å². The van der Waals surface area contributed by atoms with Crippen molar-refractivity contribution in [2.24, 2.45) is 4.99 Å². The van der Waals surface area contributed by atoms with Crippen molar-refractivity contribution in [2.45, 2.75) is 26.9 Å². The van der Waals surface area contributed by atoms with Crippen molar-refractivity contribution in [1.29, 1.82) is 0 Å². The van der Waals surface area contributed by atoms with Crippen LogP contribution in [0.5, 0.6) is 11.5 Å². The lowest BCUT2D eigenvalue weighted by atomic mass is 10.2. The Balaban J connectivity index is 1.59. The lowest BCUT2D eigenvalue weighted by Gasteiger charge is -2.36. The van der Waals surface area contributed by atoms with Gasteiger partial charge >= 0.3 is 0 Å². The van der Waals surface area contributed by atoms with Crippen molar-refractivity contribution < 1.29 is 14.4 Å². The Morgan fingerprint density at radius 3 is 2.75 bits per heavy atom. The average molecular weight is 387 g/mol. The summed E-state index contributed by atoms with van der Waals surface area (Å²) in [5.41, 5.74) is 1.97. The second-order valence-corrected chi connectivity index (χ2v) is 6.66. The zero-order valence-electron chi connectivity index (χ0n) is 16.6. The van der Waals surface area contributed by atoms with Gasteiger partial charge in [-0.2, -0.15) is 0 Å². The van der Waals surface area contributed by atoms with Gasteiger partial charge < -0.3 is 24.6 Å². The fourth-order valence-corrected chi connectivity index (χ4v) is 3.19. The molecule has 3 rings (SSSR count). The maximum atomic E-state index is 9.85. The molecule has 1 aromatic heterocycles. The Bertz CT molecular complexity index is 755. The maximum absolute atomic E-state index is 9.85. The number of aromatic hydroxyl groups is 1. The van der Waals surface area contributed by atoms with Crippen LogP contribution in [0.4, 0.5) is 0 Å². The highest BCUT2D eigenvalue weighted by molar-refractivity contribution is 5.80. The number of hydrogen-bond acceptors (Lipinski definition) is 6. The van der Waals surface area contributed by atoms with Crippen LogP contribution in [0, 0.1) is 0 Å². The number of aromatic nitrogens is 1. The van der Waals surface area contributed by atoms with E-state index in [4.69, 9.17) is 14.3 Å². The maximum Gasteiger partial charge on any atom is 0.194 e. The van der Waals surface area contributed by atoms with Crippen LogP contribution in [0.2, 0.25) is 0 Å². The molecular formula is C20H29N5O3. The Labute approximate surface area is 165 Å². The lowest BCUT2D eigenvalue weighted by Crippen LogP contribution is -2.52. The number of hydrogen-bond donors (Lipinski definition) is 2. The summed E-state index contributed by atoms with van der Waals surface area (Å²) in [6.07, 6.45) is 1.61. The van der Waals surface area contributed by atoms with Gasteiger partial charge in [-0.15, -0.1) is 0 Å². The number of phenolic OH excluding ortho intramolecular Hbond substituents is 1. The normalized spacial score (nSPS) is 15.6. The number of ether oxygens (including phenoxy) is 1. The Hall–Kier alpha value is -2.74. The van der Waals surface area contributed by atoms with Gasteiger partial charge in [-0.05, 0) is 31.5 Å². The zero-order chi connectivity index (χ0) is 19.8. The molecule has 2 N–H and O–H groups in total. The minimum atomic E-state index is 0.157. The quantitative estimate of drug-likeness (QED) is 0.555. The summed E-state index contributed by atoms with van der Waals surface area (Å²) < 4.78 is 10.4. The van der Waals surface area contributed by atoms with Crippen LogP contribution < -0.4 is 10.1 Å². The molecule has 1 saturated heterocycles. The van der Waals surface area contributed by atoms with Gasteiger partial charge in [-0.3, -0.25) is 4.90 Å². The van der Waals surface area contributed by atoms with E-state index in [-0.39, 0.29) is 5.75 Å². The van der Waals surface area contributed by atoms with E-state index >= 15 is 0 Å². The van der Waals surface area contributed by atoms with Crippen molar-refractivity contribution in [2.75, 3.05) is 39.3 Å². The molecule has 0 saturated carbocycles. The highest BCUT2D eigenvalue weighted by Crippen LogP contribution is 2.27. The Morgan fingerprint density at radius 2 is 2.07 bits per heavy atom. The smallest absolute Gasteiger partial charge is 0.194 e. The number of nitrogens with zero attached hydrogens (tertiary/aromatic N) is 4. The fourth-order valence-electron chi connectivity index (χ4n) is 3.19. The number of phenols is 1. The first-order valence-corrected chi connectivity index (χ1v) is 9.79. The summed E-state index contributed by atoms with van der Waals surface area (Å²) in [5, 5.41) is 17.2. The summed E-state index contributed by atoms with van der Waals surface area (Å²) in [7, 11) is 0. The van der Waals surface area contributed by atoms with Gasteiger partial charge in [0.2, 0.25) is 0 Å². The molecule has 1 aliphatic heterocycles. The van der Waals surface area contributed by atoms with Crippen LogP contribution >= 0.6 is 0 Å². The molecule has 1 aromatic carbocycles. The highest BCUT2D eigenvalue weighted by Gasteiger charge is 2.20. The number of aliphatic imine (C=N–C) groups is 1. The van der Waals surface area contributed by atoms with Crippen LogP contribution in [0.25, 0.3) is 0 Å². The third-order valence-corrected chi connectivity index (χ3v) is 4.62. The second kappa shape index (κ2) is 9.98. The first-order chi connectivity index (χ1) is 13.7. The number of rotatable bonds is 7. The molecule has 0 aliphatic carbocycles. The molecule has 1 fully saturated rings. The molecule has 8 heteroatoms. The summed E-state index contributed by atoms with van der Waals surface area (Å²) in [6.45, 7) is 10.4. The lowest BCUT2D eigenvalue weighted by molar-refractivity contribution is 0.169. The number of benzene rings is 1. The summed E-state index contributed by atoms with van der Waals surface area (Å²) in [6, 6.07) is 7.29. The zero-order valence-corrected chi connectivity index (χ0v) is 16.6. The van der Waals surface area contributed by atoms with E-state index in [0.29, 0.717) is 18.9 Å². The van der Waals surface area contributed by atoms with E-state index in [9.17, 15) is 5.11 Å². The summed E-state index contributed by atoms with van der Waals surface area (Å²) >= 11 is 0. The van der Waals surface area contributed by atoms with Crippen molar-refractivity contribution in [3.05, 3.63) is 41.8 Å². The second-order valence-electron chi connectivity index (χ2n) is 6.66. The van der Waals surface area contributed by atoms with Gasteiger partial charge in [0, 0.05) is 45.3 Å². The van der Waals surface area contributed by atoms with E-state index in [0.717, 1.165) is 56.5 Å². The molecule has 28 heavy (non-hydrogen) atoms. The minimum absolute atomic E-state index is 0.157. The summed E-state index contributed by atoms with van der Waals surface area (Å²) in [5.74, 6) is 1.57. The molecule has 0 spiro atoms. The third kappa shape index (κ3) is 5.39. The number of guanidine groups is 1. The molecule has 1 aliphatic rings. The standard InChI is InChI=1S/C20H29N5O3/c1-3-21-20(22-14-16-5-6-18(26)19(13-16)27-4-2)25-10-8-24(9-11-25)15-17-7-12-28-23-17/h5-7,12-13,26H,3-4,8-11,14-15H2,1-2H3,(H,21,22). The van der Waals surface area contributed by atoms with Gasteiger partial charge in [0.05, 0.1) is 18.8 Å². The van der Waals surface area contributed by atoms with Crippen LogP contribution in [0.3, 0.4) is 0 Å². The molecule has 152 valence electrons. The molecule has 0 atom stereocenters. The van der Waals surface area contributed by atoms with Gasteiger partial charge in [0.25, 0.3) is 0 Å². The van der Waals surface area contributed by atoms with Crippen LogP contribution in [0.1, 0.15) is 25.1 Å². The molecule has 0 amide bonds. The van der Waals surface area contributed by atoms with Crippen LogP contribution in [-0.4, -0.2) is 65.4 Å². The van der Waals surface area contributed by atoms with Crippen molar-refractivity contribution in [3.63, 3.8) is 0 Å². The van der Waals surface area contributed by atoms with E-state index < -0.39 is 0 Å². The predicted molar refractivity (Wildman–Crippen MR) is 107 cm³/mol. The number of nitrogens with one attached hydrogen (secondary N) is 1. The third-order valence-electron chi connectivity index (χ3n) is 4.62. The van der Waals surface area contributed by atoms with Crippen molar-refractivity contribution in [3.8, 4) is 11.5 Å². The van der Waals surface area contributed by atoms with E-state index in [1.54, 1.807) is 12.3 Å². The Morgan fingerprint density at radius 1 is 1.25 bits per heavy atom. The molecule has 8 nitrogen and oxygen atoms in total. The van der Waals surface area contributed by atoms with Crippen molar-refractivity contribution >= 4 is 5.96 Å². The Kier molecular flexibility index (Phi) is 7.13. The van der Waals surface area contributed by atoms with Crippen molar-refractivity contribution in [1.82, 2.24) is 20.3 Å². The largest absolute Gasteiger partial charge is 0.504 e. The predicted octanol–water partition coefficient (Wildman–Crippen LogP) is 2.06. The monoisotopic (exact) mass is 387 g/mol. The minimum Gasteiger partial charge on any atom is -0.504 e. The molecule has 0 bridgehead atoms. The molecule has 2 heterocycles. The summed E-state index contributed by atoms with van der Waals surface area (Å²) in [4.78, 5) is 9.44. The van der Waals surface area contributed by atoms with E-state index in [1.807, 2.05) is 25.1 Å². The fraction of sp³-hybridized carbons (Fsp3) is 0.500. The van der Waals surface area contributed by atoms with Gasteiger partial charge in [0.1, 0.15) is 6.26 Å². The SMILES string of the molecule is CCNC(=NCc1ccc(O)c(OCC)c1)N1CCN(Cc2ccon2)CC1. The van der Waals surface area contributed by atoms with Gasteiger partial charge in [0.15, 0.2) is 17.5 Å². The van der Waals surface area contributed by atoms with E-state index in [1.165, 1.54) is 0 Å². The topological polar surface area (TPSA) is 86.4 Å². The average Bonchev–Trinajstić information content (AvgIpc) is 3.21. The molecule has 0 unspecified atom stereocenters. The number of piperazine rings is 1. The molecule has 0 radical (unpaired) electrons.